The molecule has 5 nitrogen and oxygen atoms in total. The van der Waals surface area contributed by atoms with Crippen LogP contribution in [0.5, 0.6) is 0 Å². The van der Waals surface area contributed by atoms with E-state index in [0.29, 0.717) is 48.2 Å². The first kappa shape index (κ1) is 32.2. The van der Waals surface area contributed by atoms with Crippen molar-refractivity contribution in [1.29, 1.82) is 0 Å². The Kier molecular flexibility index (Phi) is 11.2. The third kappa shape index (κ3) is 6.94. The zero-order valence-electron chi connectivity index (χ0n) is 26.0. The molecule has 0 radical (unpaired) electrons. The van der Waals surface area contributed by atoms with Gasteiger partial charge in [-0.25, -0.2) is 4.79 Å². The Balaban J connectivity index is 1.43. The summed E-state index contributed by atoms with van der Waals surface area (Å²) in [5.41, 5.74) is 4.07. The topological polar surface area (TPSA) is 87.0 Å². The number of fused-ring (bicyclic) bond motifs is 1. The number of hydrogen-bond acceptors (Lipinski definition) is 5. The lowest BCUT2D eigenvalue weighted by Gasteiger charge is -2.45. The molecule has 5 heteroatoms. The fourth-order valence-electron chi connectivity index (χ4n) is 9.01. The summed E-state index contributed by atoms with van der Waals surface area (Å²) in [6.07, 6.45) is 17.3. The van der Waals surface area contributed by atoms with Gasteiger partial charge in [-0.2, -0.15) is 0 Å². The molecular weight excluding hydrogens is 512 g/mol. The van der Waals surface area contributed by atoms with Gasteiger partial charge >= 0.3 is 5.97 Å². The molecule has 4 aliphatic rings. The van der Waals surface area contributed by atoms with Gasteiger partial charge in [0.15, 0.2) is 0 Å². The van der Waals surface area contributed by atoms with E-state index in [0.717, 1.165) is 31.3 Å². The van der Waals surface area contributed by atoms with E-state index in [1.807, 2.05) is 0 Å². The Bertz CT molecular complexity index is 1010. The number of aliphatic hydroxyl groups is 3. The van der Waals surface area contributed by atoms with Gasteiger partial charge in [-0.3, -0.25) is 0 Å². The van der Waals surface area contributed by atoms with Crippen molar-refractivity contribution in [2.45, 2.75) is 129 Å². The standard InChI is InChI=1S/C36H56O5/c1-6-7-8-9-13-28-25(4)35(40)41-33(28)21-23(2)30-17-18-31-26(12-10-19-36(30,31)5)15-16-27-22-32(38)29(14-11-20-37)34(39)24(27)3/h15-16,23,28-34,37-39H,3-4,6-14,17-22H2,1-2,5H3/b26-15-,27-16+/t23?,28?,29?,30-,31+,32?,33?,34?,36-/m1/s1. The minimum Gasteiger partial charge on any atom is -0.458 e. The van der Waals surface area contributed by atoms with Crippen molar-refractivity contribution in [3.63, 3.8) is 0 Å². The van der Waals surface area contributed by atoms with E-state index in [2.05, 4.69) is 46.1 Å². The first-order valence-corrected chi connectivity index (χ1v) is 16.6. The molecule has 1 heterocycles. The quantitative estimate of drug-likeness (QED) is 0.131. The van der Waals surface area contributed by atoms with E-state index in [4.69, 9.17) is 4.74 Å². The van der Waals surface area contributed by atoms with Gasteiger partial charge < -0.3 is 20.1 Å². The molecule has 4 rings (SSSR count). The number of rotatable bonds is 12. The average molecular weight is 569 g/mol. The van der Waals surface area contributed by atoms with E-state index in [1.165, 1.54) is 50.5 Å². The van der Waals surface area contributed by atoms with E-state index < -0.39 is 12.2 Å². The van der Waals surface area contributed by atoms with Gasteiger partial charge in [-0.05, 0) is 98.5 Å². The number of aliphatic hydroxyl groups excluding tert-OH is 3. The van der Waals surface area contributed by atoms with E-state index >= 15 is 0 Å². The molecule has 0 amide bonds. The second-order valence-electron chi connectivity index (χ2n) is 13.9. The first-order valence-electron chi connectivity index (χ1n) is 16.6. The second-order valence-corrected chi connectivity index (χ2v) is 13.9. The molecule has 3 N–H and O–H groups in total. The highest BCUT2D eigenvalue weighted by atomic mass is 16.6. The maximum Gasteiger partial charge on any atom is 0.334 e. The molecule has 4 fully saturated rings. The van der Waals surface area contributed by atoms with Crippen molar-refractivity contribution in [3.8, 4) is 0 Å². The molecule has 3 saturated carbocycles. The normalized spacial score (nSPS) is 38.5. The van der Waals surface area contributed by atoms with Gasteiger partial charge in [0.2, 0.25) is 0 Å². The van der Waals surface area contributed by atoms with Crippen LogP contribution in [0.25, 0.3) is 0 Å². The molecule has 0 aromatic heterocycles. The fourth-order valence-corrected chi connectivity index (χ4v) is 9.01. The largest absolute Gasteiger partial charge is 0.458 e. The Morgan fingerprint density at radius 1 is 1.07 bits per heavy atom. The van der Waals surface area contributed by atoms with Crippen LogP contribution in [0, 0.1) is 35.0 Å². The van der Waals surface area contributed by atoms with Crippen molar-refractivity contribution in [2.24, 2.45) is 35.0 Å². The number of carbonyl (C=O) groups is 1. The second kappa shape index (κ2) is 14.2. The smallest absolute Gasteiger partial charge is 0.334 e. The van der Waals surface area contributed by atoms with Gasteiger partial charge in [-0.1, -0.05) is 77.3 Å². The van der Waals surface area contributed by atoms with E-state index in [9.17, 15) is 20.1 Å². The predicted octanol–water partition coefficient (Wildman–Crippen LogP) is 7.22. The van der Waals surface area contributed by atoms with Crippen LogP contribution < -0.4 is 0 Å². The fraction of sp³-hybridized carbons (Fsp3) is 0.750. The minimum absolute atomic E-state index is 0.0333. The third-order valence-corrected chi connectivity index (χ3v) is 11.4. The first-order chi connectivity index (χ1) is 19.6. The Morgan fingerprint density at radius 3 is 2.59 bits per heavy atom. The Morgan fingerprint density at radius 2 is 1.85 bits per heavy atom. The maximum atomic E-state index is 12.5. The number of allylic oxidation sites excluding steroid dienone is 3. The summed E-state index contributed by atoms with van der Waals surface area (Å²) in [7, 11) is 0. The molecule has 9 atom stereocenters. The highest BCUT2D eigenvalue weighted by Crippen LogP contribution is 2.60. The summed E-state index contributed by atoms with van der Waals surface area (Å²) < 4.78 is 5.91. The van der Waals surface area contributed by atoms with Crippen molar-refractivity contribution in [2.75, 3.05) is 6.61 Å². The molecule has 6 unspecified atom stereocenters. The number of esters is 1. The molecule has 0 aromatic carbocycles. The lowest BCUT2D eigenvalue weighted by Crippen LogP contribution is -2.38. The molecule has 230 valence electrons. The van der Waals surface area contributed by atoms with E-state index in [-0.39, 0.29) is 35.9 Å². The van der Waals surface area contributed by atoms with Gasteiger partial charge in [0.1, 0.15) is 6.10 Å². The van der Waals surface area contributed by atoms with Crippen molar-refractivity contribution >= 4 is 5.97 Å². The molecule has 0 bridgehead atoms. The van der Waals surface area contributed by atoms with Crippen molar-refractivity contribution in [3.05, 3.63) is 47.6 Å². The van der Waals surface area contributed by atoms with Crippen LogP contribution in [0.15, 0.2) is 47.6 Å². The number of hydrogen-bond donors (Lipinski definition) is 3. The van der Waals surface area contributed by atoms with Crippen LogP contribution >= 0.6 is 0 Å². The van der Waals surface area contributed by atoms with Crippen LogP contribution in [0.1, 0.15) is 111 Å². The maximum absolute atomic E-state index is 12.5. The molecule has 3 aliphatic carbocycles. The molecule has 0 aromatic rings. The SMILES string of the molecule is C=C1/C(=C/C=C2/CCC[C@]3(C)[C@@H](C(C)CC4OC(=O)C(=C)C4CCCCCC)CC[C@@H]23)CC(O)C(CCCO)C1O. The highest BCUT2D eigenvalue weighted by Gasteiger charge is 2.51. The predicted molar refractivity (Wildman–Crippen MR) is 165 cm³/mol. The number of unbranched alkanes of at least 4 members (excludes halogenated alkanes) is 3. The average Bonchev–Trinajstić information content (AvgIpc) is 3.43. The highest BCUT2D eigenvalue weighted by molar-refractivity contribution is 5.90. The van der Waals surface area contributed by atoms with Crippen LogP contribution in [-0.4, -0.2) is 46.2 Å². The summed E-state index contributed by atoms with van der Waals surface area (Å²) in [4.78, 5) is 12.5. The zero-order valence-corrected chi connectivity index (χ0v) is 26.0. The summed E-state index contributed by atoms with van der Waals surface area (Å²) >= 11 is 0. The summed E-state index contributed by atoms with van der Waals surface area (Å²) in [6.45, 7) is 15.5. The lowest BCUT2D eigenvalue weighted by molar-refractivity contribution is -0.140. The third-order valence-electron chi connectivity index (χ3n) is 11.4. The monoisotopic (exact) mass is 568 g/mol. The summed E-state index contributed by atoms with van der Waals surface area (Å²) in [6, 6.07) is 0. The lowest BCUT2D eigenvalue weighted by atomic mass is 9.60. The number of ether oxygens (including phenoxy) is 1. The van der Waals surface area contributed by atoms with Gasteiger partial charge in [-0.15, -0.1) is 0 Å². The molecule has 1 saturated heterocycles. The summed E-state index contributed by atoms with van der Waals surface area (Å²) in [5, 5.41) is 30.8. The van der Waals surface area contributed by atoms with Crippen molar-refractivity contribution < 1.29 is 24.9 Å². The van der Waals surface area contributed by atoms with Crippen LogP contribution in [0.2, 0.25) is 0 Å². The van der Waals surface area contributed by atoms with Gasteiger partial charge in [0.25, 0.3) is 0 Å². The van der Waals surface area contributed by atoms with Crippen LogP contribution in [-0.2, 0) is 9.53 Å². The minimum atomic E-state index is -0.764. The molecule has 0 spiro atoms. The molecular formula is C36H56O5. The van der Waals surface area contributed by atoms with E-state index in [1.54, 1.807) is 0 Å². The molecule has 41 heavy (non-hydrogen) atoms. The van der Waals surface area contributed by atoms with Crippen LogP contribution in [0.4, 0.5) is 0 Å². The van der Waals surface area contributed by atoms with Crippen molar-refractivity contribution in [1.82, 2.24) is 0 Å². The Labute approximate surface area is 248 Å². The molecule has 1 aliphatic heterocycles. The van der Waals surface area contributed by atoms with Gasteiger partial charge in [0, 0.05) is 24.0 Å². The number of cyclic esters (lactones) is 1. The Hall–Kier alpha value is -1.69. The zero-order chi connectivity index (χ0) is 29.7. The summed E-state index contributed by atoms with van der Waals surface area (Å²) in [5.74, 6) is 1.32. The van der Waals surface area contributed by atoms with Crippen LogP contribution in [0.3, 0.4) is 0 Å². The van der Waals surface area contributed by atoms with Gasteiger partial charge in [0.05, 0.1) is 12.2 Å². The number of carbonyl (C=O) groups excluding carboxylic acids is 1.